The van der Waals surface area contributed by atoms with E-state index in [0.29, 0.717) is 11.6 Å². The summed E-state index contributed by atoms with van der Waals surface area (Å²) in [4.78, 5) is 11.6. The molecule has 1 aromatic heterocycles. The molecule has 1 heterocycles. The standard InChI is InChI=1S/C20H20N4/c21-19-20(23-18-14-8-7-13-17(18)22-19)24(15-9-3-1-4-10-15)16-11-5-2-6-12-16/h1-6,9-12H,7-8,13-14H2,(H2,21,22). The van der Waals surface area contributed by atoms with Crippen molar-refractivity contribution in [3.8, 4) is 0 Å². The third-order valence-corrected chi connectivity index (χ3v) is 4.38. The van der Waals surface area contributed by atoms with Crippen molar-refractivity contribution in [1.29, 1.82) is 0 Å². The molecule has 0 amide bonds. The Morgan fingerprint density at radius 2 is 1.21 bits per heavy atom. The molecule has 3 aromatic rings. The van der Waals surface area contributed by atoms with Gasteiger partial charge in [0.2, 0.25) is 0 Å². The third-order valence-electron chi connectivity index (χ3n) is 4.38. The number of para-hydroxylation sites is 2. The van der Waals surface area contributed by atoms with Gasteiger partial charge < -0.3 is 5.73 Å². The second kappa shape index (κ2) is 6.32. The van der Waals surface area contributed by atoms with E-state index in [0.717, 1.165) is 35.6 Å². The van der Waals surface area contributed by atoms with Crippen molar-refractivity contribution in [3.05, 3.63) is 72.1 Å². The van der Waals surface area contributed by atoms with Crippen molar-refractivity contribution < 1.29 is 0 Å². The number of aryl methyl sites for hydroxylation is 2. The average Bonchev–Trinajstić information content (AvgIpc) is 2.64. The van der Waals surface area contributed by atoms with Crippen molar-refractivity contribution in [2.24, 2.45) is 0 Å². The zero-order valence-electron chi connectivity index (χ0n) is 13.5. The number of hydrogen-bond donors (Lipinski definition) is 1. The van der Waals surface area contributed by atoms with Gasteiger partial charge in [-0.3, -0.25) is 4.90 Å². The molecule has 2 aromatic carbocycles. The van der Waals surface area contributed by atoms with Crippen LogP contribution in [0.1, 0.15) is 24.2 Å². The molecule has 0 radical (unpaired) electrons. The molecule has 120 valence electrons. The summed E-state index contributed by atoms with van der Waals surface area (Å²) in [5, 5.41) is 0. The van der Waals surface area contributed by atoms with E-state index in [1.165, 1.54) is 12.8 Å². The Kier molecular flexibility index (Phi) is 3.87. The van der Waals surface area contributed by atoms with Crippen molar-refractivity contribution in [2.45, 2.75) is 25.7 Å². The Balaban J connectivity index is 1.88. The van der Waals surface area contributed by atoms with Crippen LogP contribution >= 0.6 is 0 Å². The number of rotatable bonds is 3. The SMILES string of the molecule is Nc1nc2c(nc1N(c1ccccc1)c1ccccc1)CCCC2. The van der Waals surface area contributed by atoms with E-state index in [2.05, 4.69) is 34.1 Å². The van der Waals surface area contributed by atoms with Gasteiger partial charge in [0.15, 0.2) is 11.6 Å². The first-order chi connectivity index (χ1) is 11.8. The molecule has 4 rings (SSSR count). The van der Waals surface area contributed by atoms with Crippen LogP contribution in [0.25, 0.3) is 0 Å². The molecular weight excluding hydrogens is 296 g/mol. The fourth-order valence-corrected chi connectivity index (χ4v) is 3.21. The number of anilines is 4. The van der Waals surface area contributed by atoms with E-state index in [-0.39, 0.29) is 0 Å². The highest BCUT2D eigenvalue weighted by atomic mass is 15.2. The van der Waals surface area contributed by atoms with Crippen molar-refractivity contribution in [3.63, 3.8) is 0 Å². The Morgan fingerprint density at radius 3 is 1.75 bits per heavy atom. The zero-order valence-corrected chi connectivity index (χ0v) is 13.5. The Bertz CT molecular complexity index is 792. The van der Waals surface area contributed by atoms with Gasteiger partial charge in [0.1, 0.15) is 0 Å². The van der Waals surface area contributed by atoms with Gasteiger partial charge in [-0.1, -0.05) is 36.4 Å². The molecule has 1 aliphatic rings. The summed E-state index contributed by atoms with van der Waals surface area (Å²) in [7, 11) is 0. The van der Waals surface area contributed by atoms with E-state index < -0.39 is 0 Å². The van der Waals surface area contributed by atoms with E-state index in [9.17, 15) is 0 Å². The average molecular weight is 316 g/mol. The smallest absolute Gasteiger partial charge is 0.180 e. The van der Waals surface area contributed by atoms with Gasteiger partial charge in [0, 0.05) is 11.4 Å². The number of fused-ring (bicyclic) bond motifs is 1. The largest absolute Gasteiger partial charge is 0.381 e. The lowest BCUT2D eigenvalue weighted by atomic mass is 10.0. The predicted molar refractivity (Wildman–Crippen MR) is 97.8 cm³/mol. The third kappa shape index (κ3) is 2.71. The maximum absolute atomic E-state index is 6.30. The maximum Gasteiger partial charge on any atom is 0.180 e. The van der Waals surface area contributed by atoms with Gasteiger partial charge in [0.25, 0.3) is 0 Å². The summed E-state index contributed by atoms with van der Waals surface area (Å²) in [6, 6.07) is 20.4. The lowest BCUT2D eigenvalue weighted by molar-refractivity contribution is 0.650. The van der Waals surface area contributed by atoms with Gasteiger partial charge in [-0.15, -0.1) is 0 Å². The van der Waals surface area contributed by atoms with Crippen LogP contribution in [0.3, 0.4) is 0 Å². The normalized spacial score (nSPS) is 13.3. The first-order valence-electron chi connectivity index (χ1n) is 8.38. The molecule has 0 bridgehead atoms. The van der Waals surface area contributed by atoms with Crippen LogP contribution < -0.4 is 10.6 Å². The van der Waals surface area contributed by atoms with Crippen molar-refractivity contribution in [2.75, 3.05) is 10.6 Å². The number of nitrogens with two attached hydrogens (primary N) is 1. The van der Waals surface area contributed by atoms with Gasteiger partial charge in [-0.2, -0.15) is 0 Å². The molecule has 2 N–H and O–H groups in total. The fraction of sp³-hybridized carbons (Fsp3) is 0.200. The molecule has 0 saturated carbocycles. The second-order valence-electron chi connectivity index (χ2n) is 6.04. The first kappa shape index (κ1) is 14.7. The van der Waals surface area contributed by atoms with E-state index in [4.69, 9.17) is 10.7 Å². The van der Waals surface area contributed by atoms with Crippen LogP contribution in [0.4, 0.5) is 23.0 Å². The number of nitrogen functional groups attached to an aromatic ring is 1. The molecule has 4 heteroatoms. The lowest BCUT2D eigenvalue weighted by Gasteiger charge is -2.26. The number of aromatic nitrogens is 2. The molecule has 0 spiro atoms. The molecule has 1 aliphatic carbocycles. The number of nitrogens with zero attached hydrogens (tertiary/aromatic N) is 3. The first-order valence-corrected chi connectivity index (χ1v) is 8.38. The highest BCUT2D eigenvalue weighted by molar-refractivity contribution is 5.79. The Morgan fingerprint density at radius 1 is 0.708 bits per heavy atom. The van der Waals surface area contributed by atoms with Crippen LogP contribution in [0.2, 0.25) is 0 Å². The lowest BCUT2D eigenvalue weighted by Crippen LogP contribution is -2.18. The highest BCUT2D eigenvalue weighted by Crippen LogP contribution is 2.36. The molecule has 24 heavy (non-hydrogen) atoms. The maximum atomic E-state index is 6.30. The van der Waals surface area contributed by atoms with Gasteiger partial charge >= 0.3 is 0 Å². The molecule has 4 nitrogen and oxygen atoms in total. The van der Waals surface area contributed by atoms with Crippen LogP contribution in [-0.4, -0.2) is 9.97 Å². The molecule has 0 aliphatic heterocycles. The zero-order chi connectivity index (χ0) is 16.4. The topological polar surface area (TPSA) is 55.0 Å². The number of hydrogen-bond acceptors (Lipinski definition) is 4. The van der Waals surface area contributed by atoms with Crippen LogP contribution in [0.15, 0.2) is 60.7 Å². The van der Waals surface area contributed by atoms with Crippen LogP contribution in [0.5, 0.6) is 0 Å². The second-order valence-corrected chi connectivity index (χ2v) is 6.04. The minimum atomic E-state index is 0.489. The van der Waals surface area contributed by atoms with Crippen molar-refractivity contribution in [1.82, 2.24) is 9.97 Å². The Hall–Kier alpha value is -2.88. The molecular formula is C20H20N4. The minimum absolute atomic E-state index is 0.489. The van der Waals surface area contributed by atoms with Crippen LogP contribution in [-0.2, 0) is 12.8 Å². The van der Waals surface area contributed by atoms with Gasteiger partial charge in [-0.05, 0) is 49.9 Å². The number of benzene rings is 2. The molecule has 0 unspecified atom stereocenters. The molecule has 0 saturated heterocycles. The van der Waals surface area contributed by atoms with E-state index >= 15 is 0 Å². The van der Waals surface area contributed by atoms with E-state index in [1.807, 2.05) is 36.4 Å². The van der Waals surface area contributed by atoms with E-state index in [1.54, 1.807) is 0 Å². The van der Waals surface area contributed by atoms with Crippen LogP contribution in [0, 0.1) is 0 Å². The summed E-state index contributed by atoms with van der Waals surface area (Å²) in [5.74, 6) is 1.21. The summed E-state index contributed by atoms with van der Waals surface area (Å²) in [6.45, 7) is 0. The monoisotopic (exact) mass is 316 g/mol. The predicted octanol–water partition coefficient (Wildman–Crippen LogP) is 4.41. The summed E-state index contributed by atoms with van der Waals surface area (Å²) in [5.41, 5.74) is 10.5. The minimum Gasteiger partial charge on any atom is -0.381 e. The quantitative estimate of drug-likeness (QED) is 0.777. The van der Waals surface area contributed by atoms with Crippen molar-refractivity contribution >= 4 is 23.0 Å². The Labute approximate surface area is 142 Å². The fourth-order valence-electron chi connectivity index (χ4n) is 3.21. The molecule has 0 atom stereocenters. The summed E-state index contributed by atoms with van der Waals surface area (Å²) >= 11 is 0. The summed E-state index contributed by atoms with van der Waals surface area (Å²) < 4.78 is 0. The summed E-state index contributed by atoms with van der Waals surface area (Å²) in [6.07, 6.45) is 4.29. The highest BCUT2D eigenvalue weighted by Gasteiger charge is 2.21. The van der Waals surface area contributed by atoms with Gasteiger partial charge in [0.05, 0.1) is 11.4 Å². The van der Waals surface area contributed by atoms with Gasteiger partial charge in [-0.25, -0.2) is 9.97 Å². The molecule has 0 fully saturated rings.